The summed E-state index contributed by atoms with van der Waals surface area (Å²) >= 11 is 0. The van der Waals surface area contributed by atoms with E-state index in [0.29, 0.717) is 11.3 Å². The van der Waals surface area contributed by atoms with E-state index in [-0.39, 0.29) is 12.0 Å². The number of nitrogens with zero attached hydrogens (tertiary/aromatic N) is 2. The highest BCUT2D eigenvalue weighted by Crippen LogP contribution is 2.29. The van der Waals surface area contributed by atoms with E-state index in [9.17, 15) is 4.79 Å². The first-order chi connectivity index (χ1) is 7.58. The van der Waals surface area contributed by atoms with E-state index in [2.05, 4.69) is 4.98 Å². The van der Waals surface area contributed by atoms with Crippen LogP contribution >= 0.6 is 0 Å². The van der Waals surface area contributed by atoms with Crippen LogP contribution in [0.5, 0.6) is 5.75 Å². The van der Waals surface area contributed by atoms with E-state index < -0.39 is 0 Å². The van der Waals surface area contributed by atoms with Crippen LogP contribution in [0.4, 0.5) is 0 Å². The Bertz CT molecular complexity index is 411. The van der Waals surface area contributed by atoms with Crippen molar-refractivity contribution in [3.8, 4) is 5.75 Å². The van der Waals surface area contributed by atoms with Crippen molar-refractivity contribution < 1.29 is 9.53 Å². The third kappa shape index (κ3) is 2.32. The number of hydrogen-bond donors (Lipinski definition) is 0. The monoisotopic (exact) mass is 220 g/mol. The summed E-state index contributed by atoms with van der Waals surface area (Å²) in [5.41, 5.74) is 1.43. The molecule has 4 heteroatoms. The number of aryl methyl sites for hydroxylation is 1. The molecule has 0 aliphatic heterocycles. The molecule has 1 heterocycles. The van der Waals surface area contributed by atoms with Crippen LogP contribution in [0.1, 0.15) is 28.9 Å². The Morgan fingerprint density at radius 1 is 1.50 bits per heavy atom. The highest BCUT2D eigenvalue weighted by atomic mass is 16.5. The third-order valence-electron chi connectivity index (χ3n) is 2.46. The molecule has 4 nitrogen and oxygen atoms in total. The molecule has 0 unspecified atom stereocenters. The predicted octanol–water partition coefficient (Wildman–Crippen LogP) is 1.63. The maximum absolute atomic E-state index is 11.9. The third-order valence-corrected chi connectivity index (χ3v) is 2.46. The molecular weight excluding hydrogens is 204 g/mol. The lowest BCUT2D eigenvalue weighted by Crippen LogP contribution is -2.23. The summed E-state index contributed by atoms with van der Waals surface area (Å²) < 4.78 is 5.67. The minimum Gasteiger partial charge on any atom is -0.488 e. The van der Waals surface area contributed by atoms with Crippen LogP contribution in [0, 0.1) is 6.92 Å². The minimum atomic E-state index is -0.0406. The smallest absolute Gasteiger partial charge is 0.257 e. The van der Waals surface area contributed by atoms with Crippen LogP contribution in [-0.4, -0.2) is 36.0 Å². The number of carbonyl (C=O) groups excluding carboxylic acids is 1. The second-order valence-corrected chi connectivity index (χ2v) is 4.34. The van der Waals surface area contributed by atoms with Crippen molar-refractivity contribution in [2.45, 2.75) is 25.9 Å². The largest absolute Gasteiger partial charge is 0.488 e. The molecule has 0 atom stereocenters. The molecule has 1 aromatic rings. The van der Waals surface area contributed by atoms with E-state index in [0.717, 1.165) is 18.5 Å². The molecule has 1 aliphatic carbocycles. The van der Waals surface area contributed by atoms with Crippen molar-refractivity contribution >= 4 is 5.91 Å². The molecule has 0 aromatic carbocycles. The van der Waals surface area contributed by atoms with E-state index in [1.807, 2.05) is 6.92 Å². The molecule has 0 bridgehead atoms. The van der Waals surface area contributed by atoms with Gasteiger partial charge < -0.3 is 9.64 Å². The molecule has 0 spiro atoms. The standard InChI is InChI=1S/C12H16N2O2/c1-8-6-10(12(15)14(2)3)11(7-13-8)16-9-4-5-9/h6-7,9H,4-5H2,1-3H3. The topological polar surface area (TPSA) is 42.4 Å². The molecular formula is C12H16N2O2. The van der Waals surface area contributed by atoms with Crippen LogP contribution < -0.4 is 4.74 Å². The Morgan fingerprint density at radius 2 is 2.19 bits per heavy atom. The quantitative estimate of drug-likeness (QED) is 0.777. The van der Waals surface area contributed by atoms with Crippen molar-refractivity contribution in [3.05, 3.63) is 23.5 Å². The fourth-order valence-corrected chi connectivity index (χ4v) is 1.41. The molecule has 0 N–H and O–H groups in total. The Labute approximate surface area is 95.2 Å². The van der Waals surface area contributed by atoms with Crippen molar-refractivity contribution in [1.29, 1.82) is 0 Å². The highest BCUT2D eigenvalue weighted by molar-refractivity contribution is 5.96. The van der Waals surface area contributed by atoms with Gasteiger partial charge in [-0.2, -0.15) is 0 Å². The molecule has 0 saturated heterocycles. The highest BCUT2D eigenvalue weighted by Gasteiger charge is 2.26. The lowest BCUT2D eigenvalue weighted by atomic mass is 10.2. The first-order valence-corrected chi connectivity index (χ1v) is 5.43. The molecule has 1 aliphatic rings. The van der Waals surface area contributed by atoms with Gasteiger partial charge in [0.2, 0.25) is 0 Å². The fraction of sp³-hybridized carbons (Fsp3) is 0.500. The van der Waals surface area contributed by atoms with Gasteiger partial charge in [0, 0.05) is 19.8 Å². The Hall–Kier alpha value is -1.58. The lowest BCUT2D eigenvalue weighted by molar-refractivity contribution is 0.0822. The van der Waals surface area contributed by atoms with Gasteiger partial charge in [-0.3, -0.25) is 9.78 Å². The maximum Gasteiger partial charge on any atom is 0.257 e. The summed E-state index contributed by atoms with van der Waals surface area (Å²) in [5, 5.41) is 0. The number of aromatic nitrogens is 1. The van der Waals surface area contributed by atoms with Crippen molar-refractivity contribution in [2.24, 2.45) is 0 Å². The van der Waals surface area contributed by atoms with Crippen molar-refractivity contribution in [2.75, 3.05) is 14.1 Å². The van der Waals surface area contributed by atoms with Crippen molar-refractivity contribution in [3.63, 3.8) is 0 Å². The van der Waals surface area contributed by atoms with E-state index in [1.165, 1.54) is 0 Å². The Morgan fingerprint density at radius 3 is 2.75 bits per heavy atom. The summed E-state index contributed by atoms with van der Waals surface area (Å²) in [6.07, 6.45) is 4.07. The van der Waals surface area contributed by atoms with Gasteiger partial charge >= 0.3 is 0 Å². The van der Waals surface area contributed by atoms with Crippen LogP contribution in [-0.2, 0) is 0 Å². The van der Waals surface area contributed by atoms with Crippen LogP contribution in [0.2, 0.25) is 0 Å². The SMILES string of the molecule is Cc1cc(C(=O)N(C)C)c(OC2CC2)cn1. The minimum absolute atomic E-state index is 0.0406. The number of hydrogen-bond acceptors (Lipinski definition) is 3. The van der Waals surface area contributed by atoms with Gasteiger partial charge in [-0.05, 0) is 25.8 Å². The van der Waals surface area contributed by atoms with Crippen LogP contribution in [0.15, 0.2) is 12.3 Å². The number of ether oxygens (including phenoxy) is 1. The van der Waals surface area contributed by atoms with Crippen LogP contribution in [0.25, 0.3) is 0 Å². The van der Waals surface area contributed by atoms with E-state index in [1.54, 1.807) is 31.3 Å². The molecule has 86 valence electrons. The fourth-order valence-electron chi connectivity index (χ4n) is 1.41. The molecule has 1 saturated carbocycles. The molecule has 0 radical (unpaired) electrons. The Balaban J connectivity index is 2.30. The molecule has 1 amide bonds. The van der Waals surface area contributed by atoms with Gasteiger partial charge in [-0.1, -0.05) is 0 Å². The van der Waals surface area contributed by atoms with Gasteiger partial charge in [-0.25, -0.2) is 0 Å². The normalized spacial score (nSPS) is 14.7. The van der Waals surface area contributed by atoms with Crippen LogP contribution in [0.3, 0.4) is 0 Å². The molecule has 1 aromatic heterocycles. The van der Waals surface area contributed by atoms with Crippen molar-refractivity contribution in [1.82, 2.24) is 9.88 Å². The van der Waals surface area contributed by atoms with E-state index >= 15 is 0 Å². The van der Waals surface area contributed by atoms with Gasteiger partial charge in [0.15, 0.2) is 5.75 Å². The zero-order valence-corrected chi connectivity index (χ0v) is 9.86. The molecule has 16 heavy (non-hydrogen) atoms. The summed E-state index contributed by atoms with van der Waals surface area (Å²) in [6.45, 7) is 1.87. The predicted molar refractivity (Wildman–Crippen MR) is 60.6 cm³/mol. The van der Waals surface area contributed by atoms with Gasteiger partial charge in [0.1, 0.15) is 0 Å². The number of carbonyl (C=O) groups is 1. The van der Waals surface area contributed by atoms with Gasteiger partial charge in [-0.15, -0.1) is 0 Å². The van der Waals surface area contributed by atoms with Gasteiger partial charge in [0.25, 0.3) is 5.91 Å². The second kappa shape index (κ2) is 4.12. The summed E-state index contributed by atoms with van der Waals surface area (Å²) in [7, 11) is 3.47. The number of pyridine rings is 1. The Kier molecular flexibility index (Phi) is 2.81. The first-order valence-electron chi connectivity index (χ1n) is 5.43. The summed E-state index contributed by atoms with van der Waals surface area (Å²) in [6, 6.07) is 1.78. The molecule has 1 fully saturated rings. The number of rotatable bonds is 3. The first kappa shape index (κ1) is 10.9. The summed E-state index contributed by atoms with van der Waals surface area (Å²) in [4.78, 5) is 17.7. The lowest BCUT2D eigenvalue weighted by Gasteiger charge is -2.14. The van der Waals surface area contributed by atoms with Gasteiger partial charge in [0.05, 0.1) is 17.9 Å². The number of amides is 1. The average Bonchev–Trinajstić information content (AvgIpc) is 3.03. The average molecular weight is 220 g/mol. The summed E-state index contributed by atoms with van der Waals surface area (Å²) in [5.74, 6) is 0.563. The maximum atomic E-state index is 11.9. The zero-order valence-electron chi connectivity index (χ0n) is 9.86. The van der Waals surface area contributed by atoms with E-state index in [4.69, 9.17) is 4.74 Å². The second-order valence-electron chi connectivity index (χ2n) is 4.34. The zero-order chi connectivity index (χ0) is 11.7. The molecule has 2 rings (SSSR count).